The zero-order valence-corrected chi connectivity index (χ0v) is 21.7. The molecule has 3 N–H and O–H groups in total. The van der Waals surface area contributed by atoms with Crippen LogP contribution in [0.15, 0.2) is 59.9 Å². The lowest BCUT2D eigenvalue weighted by atomic mass is 10.1. The topological polar surface area (TPSA) is 146 Å². The van der Waals surface area contributed by atoms with Crippen molar-refractivity contribution in [2.24, 2.45) is 0 Å². The molecule has 5 rings (SSSR count). The van der Waals surface area contributed by atoms with E-state index in [2.05, 4.69) is 30.5 Å². The van der Waals surface area contributed by atoms with Gasteiger partial charge in [0.25, 0.3) is 5.91 Å². The van der Waals surface area contributed by atoms with Crippen LogP contribution in [0.25, 0.3) is 33.5 Å². The number of carbonyl (C=O) groups excluding carboxylic acids is 1. The van der Waals surface area contributed by atoms with E-state index in [-0.39, 0.29) is 29.7 Å². The quantitative estimate of drug-likeness (QED) is 0.309. The van der Waals surface area contributed by atoms with E-state index in [0.717, 1.165) is 0 Å². The molecule has 0 aliphatic rings. The molecule has 39 heavy (non-hydrogen) atoms. The first kappa shape index (κ1) is 25.9. The summed E-state index contributed by atoms with van der Waals surface area (Å²) in [6.07, 6.45) is 4.30. The van der Waals surface area contributed by atoms with Crippen LogP contribution < -0.4 is 16.5 Å². The molecule has 0 aliphatic heterocycles. The van der Waals surface area contributed by atoms with Gasteiger partial charge in [0.05, 0.1) is 28.2 Å². The first-order valence-corrected chi connectivity index (χ1v) is 12.3. The van der Waals surface area contributed by atoms with E-state index in [1.165, 1.54) is 21.9 Å². The average Bonchev–Trinajstić information content (AvgIpc) is 3.29. The minimum absolute atomic E-state index is 0.0204. The van der Waals surface area contributed by atoms with Gasteiger partial charge in [0, 0.05) is 29.7 Å². The first-order chi connectivity index (χ1) is 18.8. The maximum Gasteiger partial charge on any atom is 0.280 e. The molecule has 1 aromatic carbocycles. The SMILES string of the molecule is CC(C)n1cc(-c2ccc(Cl)cn2)c(=O)c(C(=O)Nc2ccc(-c3nn(CCF)c4ncnc(N)c34)cc2)n1. The van der Waals surface area contributed by atoms with Gasteiger partial charge >= 0.3 is 0 Å². The van der Waals surface area contributed by atoms with Crippen LogP contribution in [0.3, 0.4) is 0 Å². The predicted octanol–water partition coefficient (Wildman–Crippen LogP) is 4.15. The molecule has 0 saturated heterocycles. The highest BCUT2D eigenvalue weighted by atomic mass is 35.5. The smallest absolute Gasteiger partial charge is 0.280 e. The molecule has 4 heterocycles. The van der Waals surface area contributed by atoms with Crippen molar-refractivity contribution >= 4 is 40.0 Å². The van der Waals surface area contributed by atoms with Gasteiger partial charge in [0.15, 0.2) is 11.3 Å². The lowest BCUT2D eigenvalue weighted by molar-refractivity contribution is 0.101. The number of nitrogens with zero attached hydrogens (tertiary/aromatic N) is 7. The number of halogens is 2. The summed E-state index contributed by atoms with van der Waals surface area (Å²) in [5.74, 6) is -0.451. The fourth-order valence-electron chi connectivity index (χ4n) is 4.01. The lowest BCUT2D eigenvalue weighted by Crippen LogP contribution is -2.28. The highest BCUT2D eigenvalue weighted by Crippen LogP contribution is 2.30. The number of amides is 1. The molecule has 0 saturated carbocycles. The number of benzene rings is 1. The van der Waals surface area contributed by atoms with E-state index in [4.69, 9.17) is 17.3 Å². The second-order valence-corrected chi connectivity index (χ2v) is 9.34. The van der Waals surface area contributed by atoms with E-state index < -0.39 is 18.0 Å². The summed E-state index contributed by atoms with van der Waals surface area (Å²) in [5.41, 5.74) is 7.84. The molecule has 198 valence electrons. The predicted molar refractivity (Wildman–Crippen MR) is 146 cm³/mol. The fourth-order valence-corrected chi connectivity index (χ4v) is 4.12. The Hall–Kier alpha value is -4.71. The van der Waals surface area contributed by atoms with E-state index in [9.17, 15) is 14.0 Å². The zero-order valence-electron chi connectivity index (χ0n) is 21.0. The van der Waals surface area contributed by atoms with Crippen molar-refractivity contribution in [2.45, 2.75) is 26.4 Å². The third-order valence-electron chi connectivity index (χ3n) is 5.96. The Bertz CT molecular complexity index is 1730. The number of alkyl halides is 1. The number of rotatable bonds is 7. The van der Waals surface area contributed by atoms with Crippen molar-refractivity contribution < 1.29 is 9.18 Å². The van der Waals surface area contributed by atoms with Gasteiger partial charge in [-0.2, -0.15) is 10.2 Å². The first-order valence-electron chi connectivity index (χ1n) is 12.0. The Morgan fingerprint density at radius 3 is 2.54 bits per heavy atom. The average molecular weight is 548 g/mol. The molecule has 0 aliphatic carbocycles. The van der Waals surface area contributed by atoms with Crippen molar-refractivity contribution in [3.63, 3.8) is 0 Å². The second kappa shape index (κ2) is 10.6. The van der Waals surface area contributed by atoms with Gasteiger partial charge in [-0.3, -0.25) is 19.3 Å². The molecular weight excluding hydrogens is 525 g/mol. The van der Waals surface area contributed by atoms with Gasteiger partial charge in [0.2, 0.25) is 5.43 Å². The Morgan fingerprint density at radius 2 is 1.87 bits per heavy atom. The number of aromatic nitrogens is 7. The van der Waals surface area contributed by atoms with Crippen LogP contribution in [0.4, 0.5) is 15.9 Å². The van der Waals surface area contributed by atoms with Gasteiger partial charge in [-0.15, -0.1) is 0 Å². The van der Waals surface area contributed by atoms with E-state index in [1.54, 1.807) is 42.6 Å². The van der Waals surface area contributed by atoms with Crippen LogP contribution in [0.1, 0.15) is 30.4 Å². The van der Waals surface area contributed by atoms with Gasteiger partial charge < -0.3 is 11.1 Å². The van der Waals surface area contributed by atoms with Crippen LogP contribution >= 0.6 is 11.6 Å². The molecule has 11 nitrogen and oxygen atoms in total. The van der Waals surface area contributed by atoms with Crippen LogP contribution in [0, 0.1) is 0 Å². The van der Waals surface area contributed by atoms with E-state index in [0.29, 0.717) is 38.7 Å². The zero-order chi connectivity index (χ0) is 27.7. The molecule has 0 unspecified atom stereocenters. The Balaban J connectivity index is 1.47. The number of anilines is 2. The molecule has 0 radical (unpaired) electrons. The monoisotopic (exact) mass is 547 g/mol. The third-order valence-corrected chi connectivity index (χ3v) is 6.18. The van der Waals surface area contributed by atoms with Crippen molar-refractivity contribution in [2.75, 3.05) is 17.7 Å². The summed E-state index contributed by atoms with van der Waals surface area (Å²) >= 11 is 5.94. The van der Waals surface area contributed by atoms with Crippen molar-refractivity contribution in [1.29, 1.82) is 0 Å². The lowest BCUT2D eigenvalue weighted by Gasteiger charge is -2.13. The number of nitrogen functional groups attached to an aromatic ring is 1. The molecular formula is C26H23ClFN9O2. The Morgan fingerprint density at radius 1 is 1.10 bits per heavy atom. The number of hydrogen-bond donors (Lipinski definition) is 2. The molecule has 0 bridgehead atoms. The molecule has 1 amide bonds. The number of carbonyl (C=O) groups is 1. The van der Waals surface area contributed by atoms with Crippen molar-refractivity contribution in [3.8, 4) is 22.5 Å². The molecule has 5 aromatic rings. The van der Waals surface area contributed by atoms with E-state index in [1.807, 2.05) is 13.8 Å². The summed E-state index contributed by atoms with van der Waals surface area (Å²) in [5, 5.41) is 12.4. The minimum Gasteiger partial charge on any atom is -0.383 e. The number of hydrogen-bond acceptors (Lipinski definition) is 8. The van der Waals surface area contributed by atoms with Gasteiger partial charge in [-0.05, 0) is 38.1 Å². The highest BCUT2D eigenvalue weighted by Gasteiger charge is 2.21. The maximum atomic E-state index is 13.2. The second-order valence-electron chi connectivity index (χ2n) is 8.91. The number of pyridine rings is 1. The molecule has 4 aromatic heterocycles. The van der Waals surface area contributed by atoms with Crippen molar-refractivity contribution in [3.05, 3.63) is 76.1 Å². The summed E-state index contributed by atoms with van der Waals surface area (Å²) in [6.45, 7) is 3.17. The normalized spacial score (nSPS) is 11.3. The summed E-state index contributed by atoms with van der Waals surface area (Å²) < 4.78 is 16.0. The number of aryl methyl sites for hydroxylation is 1. The van der Waals surface area contributed by atoms with Crippen LogP contribution in [-0.2, 0) is 6.54 Å². The highest BCUT2D eigenvalue weighted by molar-refractivity contribution is 6.30. The maximum absolute atomic E-state index is 13.2. The Kier molecular flexibility index (Phi) is 7.03. The number of fused-ring (bicyclic) bond motifs is 1. The molecule has 0 spiro atoms. The van der Waals surface area contributed by atoms with Gasteiger partial charge in [-0.25, -0.2) is 19.0 Å². The number of nitrogens with two attached hydrogens (primary N) is 1. The standard InChI is InChI=1S/C26H23ClFN9O2/c1-14(2)37-12-18(19-8-5-16(27)11-30-19)23(38)22(35-37)26(39)33-17-6-3-15(4-7-17)21-20-24(29)31-13-32-25(20)36(34-21)10-9-28/h3-8,11-14H,9-10H2,1-2H3,(H,33,39)(H2,29,31,32). The van der Waals surface area contributed by atoms with Gasteiger partial charge in [-0.1, -0.05) is 23.7 Å². The summed E-state index contributed by atoms with van der Waals surface area (Å²) in [7, 11) is 0. The fraction of sp³-hybridized carbons (Fsp3) is 0.192. The van der Waals surface area contributed by atoms with Crippen LogP contribution in [0.5, 0.6) is 0 Å². The summed E-state index contributed by atoms with van der Waals surface area (Å²) in [4.78, 5) is 38.9. The molecule has 13 heteroatoms. The third kappa shape index (κ3) is 5.06. The molecule has 0 atom stereocenters. The Labute approximate surface area is 226 Å². The minimum atomic E-state index is -0.673. The van der Waals surface area contributed by atoms with Crippen LogP contribution in [-0.4, -0.2) is 47.1 Å². The largest absolute Gasteiger partial charge is 0.383 e. The van der Waals surface area contributed by atoms with Crippen LogP contribution in [0.2, 0.25) is 5.02 Å². The summed E-state index contributed by atoms with van der Waals surface area (Å²) in [6, 6.07) is 9.85. The number of nitrogens with one attached hydrogen (secondary N) is 1. The van der Waals surface area contributed by atoms with Crippen molar-refractivity contribution in [1.82, 2.24) is 34.5 Å². The van der Waals surface area contributed by atoms with Gasteiger partial charge in [0.1, 0.15) is 24.5 Å². The molecule has 0 fully saturated rings. The van der Waals surface area contributed by atoms with E-state index >= 15 is 0 Å².